The number of aromatic nitrogens is 2. The average Bonchev–Trinajstić information content (AvgIpc) is 3.49. The van der Waals surface area contributed by atoms with Gasteiger partial charge in [-0.15, -0.1) is 0 Å². The largest absolute Gasteiger partial charge is 0.493 e. The standard InChI is InChI=1S/C32H35N3O3/c1-3-11-24-16-17-29(30(20-24)37-2)38-19-10-9-18-35-28-15-8-7-14-27(28)33-32(35)26-21-31(36)34(23-26)22-25-12-5-4-6-13-25/h3-8,11-17,20,26H,9-10,18-19,21-23H2,1-2H3/b11-3+. The van der Waals surface area contributed by atoms with Gasteiger partial charge in [0.2, 0.25) is 5.91 Å². The molecule has 6 heteroatoms. The number of allylic oxidation sites excluding steroid dienone is 1. The normalized spacial score (nSPS) is 15.6. The van der Waals surface area contributed by atoms with Gasteiger partial charge in [-0.25, -0.2) is 4.98 Å². The van der Waals surface area contributed by atoms with Gasteiger partial charge in [-0.05, 0) is 55.2 Å². The van der Waals surface area contributed by atoms with Crippen LogP contribution in [0.25, 0.3) is 17.1 Å². The molecule has 0 radical (unpaired) electrons. The van der Waals surface area contributed by atoms with E-state index in [9.17, 15) is 4.79 Å². The Hall–Kier alpha value is -4.06. The van der Waals surface area contributed by atoms with Crippen molar-refractivity contribution in [2.75, 3.05) is 20.3 Å². The Morgan fingerprint density at radius 2 is 1.82 bits per heavy atom. The molecule has 1 aromatic heterocycles. The minimum atomic E-state index is 0.0924. The maximum atomic E-state index is 12.9. The van der Waals surface area contributed by atoms with E-state index in [0.29, 0.717) is 26.1 Å². The van der Waals surface area contributed by atoms with Crippen molar-refractivity contribution < 1.29 is 14.3 Å². The van der Waals surface area contributed by atoms with Crippen LogP contribution >= 0.6 is 0 Å². The van der Waals surface area contributed by atoms with E-state index in [1.807, 2.05) is 66.4 Å². The molecule has 1 saturated heterocycles. The van der Waals surface area contributed by atoms with Gasteiger partial charge in [0.05, 0.1) is 24.8 Å². The van der Waals surface area contributed by atoms with E-state index >= 15 is 0 Å². The maximum absolute atomic E-state index is 12.9. The Kier molecular flexibility index (Phi) is 8.07. The lowest BCUT2D eigenvalue weighted by atomic mass is 10.1. The van der Waals surface area contributed by atoms with Crippen LogP contribution in [0.1, 0.15) is 49.1 Å². The number of hydrogen-bond donors (Lipinski definition) is 0. The fourth-order valence-corrected chi connectivity index (χ4v) is 5.20. The lowest BCUT2D eigenvalue weighted by Crippen LogP contribution is -2.24. The average molecular weight is 510 g/mol. The quantitative estimate of drug-likeness (QED) is 0.218. The molecule has 0 spiro atoms. The van der Waals surface area contributed by atoms with Crippen molar-refractivity contribution in [3.05, 3.63) is 95.8 Å². The molecule has 0 aliphatic carbocycles. The molecular formula is C32H35N3O3. The minimum absolute atomic E-state index is 0.0924. The number of para-hydroxylation sites is 2. The molecule has 6 nitrogen and oxygen atoms in total. The summed E-state index contributed by atoms with van der Waals surface area (Å²) in [7, 11) is 1.67. The topological polar surface area (TPSA) is 56.6 Å². The van der Waals surface area contributed by atoms with Crippen molar-refractivity contribution in [2.45, 2.75) is 45.2 Å². The first-order valence-electron chi connectivity index (χ1n) is 13.4. The van der Waals surface area contributed by atoms with E-state index in [2.05, 4.69) is 34.9 Å². The monoisotopic (exact) mass is 509 g/mol. The molecule has 3 aromatic carbocycles. The number of ether oxygens (including phenoxy) is 2. The number of imidazole rings is 1. The lowest BCUT2D eigenvalue weighted by Gasteiger charge is -2.17. The van der Waals surface area contributed by atoms with Gasteiger partial charge in [-0.3, -0.25) is 4.79 Å². The zero-order chi connectivity index (χ0) is 26.3. The molecule has 5 rings (SSSR count). The second-order valence-corrected chi connectivity index (χ2v) is 9.74. The molecule has 2 heterocycles. The second kappa shape index (κ2) is 12.0. The van der Waals surface area contributed by atoms with Crippen molar-refractivity contribution >= 4 is 23.0 Å². The number of nitrogens with zero attached hydrogens (tertiary/aromatic N) is 3. The number of benzene rings is 3. The summed E-state index contributed by atoms with van der Waals surface area (Å²) in [5, 5.41) is 0. The highest BCUT2D eigenvalue weighted by molar-refractivity contribution is 5.81. The summed E-state index contributed by atoms with van der Waals surface area (Å²) in [6, 6.07) is 24.4. The number of rotatable bonds is 11. The SMILES string of the molecule is C/C=C/c1ccc(OCCCCn2c(C3CC(=O)N(Cc4ccccc4)C3)nc3ccccc32)c(OC)c1. The van der Waals surface area contributed by atoms with E-state index in [1.165, 1.54) is 0 Å². The van der Waals surface area contributed by atoms with Crippen molar-refractivity contribution in [1.29, 1.82) is 0 Å². The highest BCUT2D eigenvalue weighted by atomic mass is 16.5. The zero-order valence-corrected chi connectivity index (χ0v) is 22.2. The fraction of sp³-hybridized carbons (Fsp3) is 0.312. The van der Waals surface area contributed by atoms with Gasteiger partial charge in [0.25, 0.3) is 0 Å². The van der Waals surface area contributed by atoms with Crippen LogP contribution in [0.5, 0.6) is 11.5 Å². The molecule has 0 N–H and O–H groups in total. The van der Waals surface area contributed by atoms with Crippen molar-refractivity contribution in [1.82, 2.24) is 14.5 Å². The van der Waals surface area contributed by atoms with Crippen molar-refractivity contribution in [2.24, 2.45) is 0 Å². The van der Waals surface area contributed by atoms with E-state index in [4.69, 9.17) is 14.5 Å². The number of hydrogen-bond acceptors (Lipinski definition) is 4. The van der Waals surface area contributed by atoms with Crippen molar-refractivity contribution in [3.63, 3.8) is 0 Å². The molecule has 4 aromatic rings. The van der Waals surface area contributed by atoms with Crippen LogP contribution < -0.4 is 9.47 Å². The predicted octanol–water partition coefficient (Wildman–Crippen LogP) is 6.45. The fourth-order valence-electron chi connectivity index (χ4n) is 5.20. The number of methoxy groups -OCH3 is 1. The van der Waals surface area contributed by atoms with E-state index in [-0.39, 0.29) is 11.8 Å². The summed E-state index contributed by atoms with van der Waals surface area (Å²) >= 11 is 0. The van der Waals surface area contributed by atoms with Crippen LogP contribution in [0, 0.1) is 0 Å². The summed E-state index contributed by atoms with van der Waals surface area (Å²) in [5.41, 5.74) is 4.35. The Bertz CT molecular complexity index is 1410. The summed E-state index contributed by atoms with van der Waals surface area (Å²) < 4.78 is 13.9. The zero-order valence-electron chi connectivity index (χ0n) is 22.2. The number of carbonyl (C=O) groups is 1. The number of carbonyl (C=O) groups excluding carboxylic acids is 1. The van der Waals surface area contributed by atoms with Crippen LogP contribution in [0.3, 0.4) is 0 Å². The van der Waals surface area contributed by atoms with Gasteiger partial charge in [0.1, 0.15) is 5.82 Å². The molecule has 38 heavy (non-hydrogen) atoms. The number of unbranched alkanes of at least 4 members (excludes halogenated alkanes) is 1. The van der Waals surface area contributed by atoms with E-state index in [1.54, 1.807) is 7.11 Å². The summed E-state index contributed by atoms with van der Waals surface area (Å²) in [6.07, 6.45) is 6.39. The first kappa shape index (κ1) is 25.6. The number of aryl methyl sites for hydroxylation is 1. The smallest absolute Gasteiger partial charge is 0.223 e. The van der Waals surface area contributed by atoms with E-state index < -0.39 is 0 Å². The third-order valence-electron chi connectivity index (χ3n) is 7.06. The summed E-state index contributed by atoms with van der Waals surface area (Å²) in [5.74, 6) is 2.80. The third-order valence-corrected chi connectivity index (χ3v) is 7.06. The summed E-state index contributed by atoms with van der Waals surface area (Å²) in [4.78, 5) is 19.8. The van der Waals surface area contributed by atoms with Crippen LogP contribution in [0.15, 0.2) is 78.9 Å². The molecule has 1 unspecified atom stereocenters. The lowest BCUT2D eigenvalue weighted by molar-refractivity contribution is -0.128. The molecular weight excluding hydrogens is 474 g/mol. The van der Waals surface area contributed by atoms with E-state index in [0.717, 1.165) is 58.9 Å². The Morgan fingerprint density at radius 1 is 1.00 bits per heavy atom. The van der Waals surface area contributed by atoms with Gasteiger partial charge >= 0.3 is 0 Å². The Labute approximate surface area is 224 Å². The minimum Gasteiger partial charge on any atom is -0.493 e. The highest BCUT2D eigenvalue weighted by Crippen LogP contribution is 2.32. The molecule has 1 amide bonds. The molecule has 0 saturated carbocycles. The van der Waals surface area contributed by atoms with Gasteiger partial charge < -0.3 is 18.9 Å². The first-order chi connectivity index (χ1) is 18.7. The molecule has 1 aliphatic rings. The molecule has 1 atom stereocenters. The number of fused-ring (bicyclic) bond motifs is 1. The van der Waals surface area contributed by atoms with Crippen LogP contribution in [0.2, 0.25) is 0 Å². The van der Waals surface area contributed by atoms with Gasteiger partial charge in [-0.1, -0.05) is 60.7 Å². The molecule has 0 bridgehead atoms. The van der Waals surface area contributed by atoms with Crippen LogP contribution in [-0.4, -0.2) is 40.6 Å². The number of likely N-dealkylation sites (tertiary alicyclic amines) is 1. The van der Waals surface area contributed by atoms with Crippen molar-refractivity contribution in [3.8, 4) is 11.5 Å². The summed E-state index contributed by atoms with van der Waals surface area (Å²) in [6.45, 7) is 4.78. The second-order valence-electron chi connectivity index (χ2n) is 9.74. The van der Waals surface area contributed by atoms with Crippen LogP contribution in [-0.2, 0) is 17.9 Å². The highest BCUT2D eigenvalue weighted by Gasteiger charge is 2.33. The Morgan fingerprint density at radius 3 is 2.63 bits per heavy atom. The predicted molar refractivity (Wildman–Crippen MR) is 151 cm³/mol. The first-order valence-corrected chi connectivity index (χ1v) is 13.4. The Balaban J connectivity index is 1.24. The van der Waals surface area contributed by atoms with Gasteiger partial charge in [0.15, 0.2) is 11.5 Å². The molecule has 1 aliphatic heterocycles. The number of amides is 1. The molecule has 1 fully saturated rings. The van der Waals surface area contributed by atoms with Gasteiger partial charge in [0, 0.05) is 32.0 Å². The molecule has 196 valence electrons. The third kappa shape index (κ3) is 5.75. The maximum Gasteiger partial charge on any atom is 0.223 e. The van der Waals surface area contributed by atoms with Crippen LogP contribution in [0.4, 0.5) is 0 Å². The van der Waals surface area contributed by atoms with Gasteiger partial charge in [-0.2, -0.15) is 0 Å².